The minimum Gasteiger partial charge on any atom is -0.334 e. The molecule has 3 aromatic rings. The van der Waals surface area contributed by atoms with Gasteiger partial charge in [0, 0.05) is 11.9 Å². The third kappa shape index (κ3) is 2.16. The Labute approximate surface area is 115 Å². The first-order valence-corrected chi connectivity index (χ1v) is 6.72. The highest BCUT2D eigenvalue weighted by molar-refractivity contribution is 7.11. The number of benzene rings is 1. The minimum absolute atomic E-state index is 0.691. The summed E-state index contributed by atoms with van der Waals surface area (Å²) in [5.41, 5.74) is 3.74. The van der Waals surface area contributed by atoms with E-state index in [4.69, 9.17) is 0 Å². The van der Waals surface area contributed by atoms with Gasteiger partial charge in [-0.15, -0.1) is 11.3 Å². The molecule has 0 saturated heterocycles. The van der Waals surface area contributed by atoms with Crippen molar-refractivity contribution in [1.29, 1.82) is 5.26 Å². The van der Waals surface area contributed by atoms with Gasteiger partial charge in [-0.25, -0.2) is 4.98 Å². The van der Waals surface area contributed by atoms with Gasteiger partial charge in [0.25, 0.3) is 0 Å². The third-order valence-corrected chi connectivity index (χ3v) is 3.87. The van der Waals surface area contributed by atoms with Crippen molar-refractivity contribution in [3.05, 3.63) is 52.5 Å². The van der Waals surface area contributed by atoms with Gasteiger partial charge in [0.2, 0.25) is 0 Å². The first kappa shape index (κ1) is 11.7. The van der Waals surface area contributed by atoms with E-state index in [9.17, 15) is 5.26 Å². The number of nitriles is 1. The molecule has 0 fully saturated rings. The Kier molecular flexibility index (Phi) is 2.90. The first-order valence-electron chi connectivity index (χ1n) is 5.84. The molecule has 19 heavy (non-hydrogen) atoms. The molecule has 92 valence electrons. The Morgan fingerprint density at radius 3 is 3.05 bits per heavy atom. The Balaban J connectivity index is 2.09. The molecule has 0 bridgehead atoms. The van der Waals surface area contributed by atoms with Crippen LogP contribution in [0.4, 0.5) is 0 Å². The van der Waals surface area contributed by atoms with E-state index in [-0.39, 0.29) is 0 Å². The van der Waals surface area contributed by atoms with Crippen LogP contribution in [0.5, 0.6) is 0 Å². The largest absolute Gasteiger partial charge is 0.334 e. The summed E-state index contributed by atoms with van der Waals surface area (Å²) in [7, 11) is 1.97. The number of aryl methyl sites for hydroxylation is 1. The summed E-state index contributed by atoms with van der Waals surface area (Å²) in [6.07, 6.45) is 3.71. The minimum atomic E-state index is 0.691. The third-order valence-electron chi connectivity index (χ3n) is 2.97. The van der Waals surface area contributed by atoms with Crippen molar-refractivity contribution >= 4 is 34.0 Å². The van der Waals surface area contributed by atoms with Crippen LogP contribution in [-0.4, -0.2) is 9.55 Å². The Hall–Kier alpha value is -2.38. The summed E-state index contributed by atoms with van der Waals surface area (Å²) in [4.78, 5) is 5.28. The van der Waals surface area contributed by atoms with E-state index in [0.29, 0.717) is 5.57 Å². The molecule has 3 rings (SSSR count). The number of thiophene rings is 1. The van der Waals surface area contributed by atoms with Crippen molar-refractivity contribution in [2.75, 3.05) is 0 Å². The molecule has 3 nitrogen and oxygen atoms in total. The van der Waals surface area contributed by atoms with Crippen LogP contribution in [0.15, 0.2) is 42.0 Å². The lowest BCUT2D eigenvalue weighted by atomic mass is 10.1. The van der Waals surface area contributed by atoms with Gasteiger partial charge >= 0.3 is 0 Å². The number of hydrogen-bond acceptors (Lipinski definition) is 3. The number of allylic oxidation sites excluding steroid dienone is 1. The van der Waals surface area contributed by atoms with Crippen molar-refractivity contribution < 1.29 is 0 Å². The molecule has 0 radical (unpaired) electrons. The van der Waals surface area contributed by atoms with Crippen molar-refractivity contribution in [1.82, 2.24) is 9.55 Å². The van der Waals surface area contributed by atoms with Gasteiger partial charge in [0.15, 0.2) is 0 Å². The van der Waals surface area contributed by atoms with Crippen LogP contribution in [0.2, 0.25) is 0 Å². The second-order valence-electron chi connectivity index (χ2n) is 4.25. The molecule has 0 aliphatic carbocycles. The predicted octanol–water partition coefficient (Wildman–Crippen LogP) is 3.70. The monoisotopic (exact) mass is 265 g/mol. The van der Waals surface area contributed by atoms with Gasteiger partial charge in [0.05, 0.1) is 22.9 Å². The molecule has 0 aliphatic rings. The zero-order valence-electron chi connectivity index (χ0n) is 10.4. The first-order chi connectivity index (χ1) is 9.28. The summed E-state index contributed by atoms with van der Waals surface area (Å²) in [5.74, 6) is 0. The molecule has 0 amide bonds. The van der Waals surface area contributed by atoms with Gasteiger partial charge in [-0.05, 0) is 35.2 Å². The van der Waals surface area contributed by atoms with Crippen molar-refractivity contribution in [2.24, 2.45) is 7.05 Å². The average Bonchev–Trinajstić information content (AvgIpc) is 3.07. The number of nitrogens with zero attached hydrogens (tertiary/aromatic N) is 3. The van der Waals surface area contributed by atoms with E-state index in [1.54, 1.807) is 17.7 Å². The molecule has 2 heterocycles. The number of rotatable bonds is 2. The molecule has 0 unspecified atom stereocenters. The average molecular weight is 265 g/mol. The lowest BCUT2D eigenvalue weighted by Crippen LogP contribution is -1.84. The van der Waals surface area contributed by atoms with Crippen LogP contribution in [0, 0.1) is 11.3 Å². The summed E-state index contributed by atoms with van der Waals surface area (Å²) in [5, 5.41) is 11.2. The van der Waals surface area contributed by atoms with E-state index >= 15 is 0 Å². The number of hydrogen-bond donors (Lipinski definition) is 0. The smallest absolute Gasteiger partial charge is 0.101 e. The molecule has 0 atom stereocenters. The van der Waals surface area contributed by atoms with E-state index in [0.717, 1.165) is 21.5 Å². The summed E-state index contributed by atoms with van der Waals surface area (Å²) in [6, 6.07) is 12.2. The Morgan fingerprint density at radius 2 is 2.32 bits per heavy atom. The Morgan fingerprint density at radius 1 is 1.42 bits per heavy atom. The maximum absolute atomic E-state index is 9.26. The fourth-order valence-electron chi connectivity index (χ4n) is 1.99. The van der Waals surface area contributed by atoms with Crippen LogP contribution in [-0.2, 0) is 7.05 Å². The topological polar surface area (TPSA) is 41.6 Å². The van der Waals surface area contributed by atoms with E-state index in [1.165, 1.54) is 0 Å². The SMILES string of the molecule is Cn1cnc2ccc(C=C(C#N)c3cccs3)cc21. The molecule has 0 aliphatic heterocycles. The summed E-state index contributed by atoms with van der Waals surface area (Å²) in [6.45, 7) is 0. The molecule has 0 N–H and O–H groups in total. The van der Waals surface area contributed by atoms with Gasteiger partial charge in [-0.3, -0.25) is 0 Å². The fourth-order valence-corrected chi connectivity index (χ4v) is 2.68. The van der Waals surface area contributed by atoms with Crippen LogP contribution < -0.4 is 0 Å². The van der Waals surface area contributed by atoms with Crippen LogP contribution in [0.25, 0.3) is 22.7 Å². The molecule has 1 aromatic carbocycles. The summed E-state index contributed by atoms with van der Waals surface area (Å²) >= 11 is 1.57. The number of aromatic nitrogens is 2. The van der Waals surface area contributed by atoms with E-state index in [2.05, 4.69) is 11.1 Å². The molecule has 0 saturated carbocycles. The lowest BCUT2D eigenvalue weighted by Gasteiger charge is -1.98. The van der Waals surface area contributed by atoms with Crippen LogP contribution >= 0.6 is 11.3 Å². The molecule has 2 aromatic heterocycles. The Bertz CT molecular complexity index is 789. The summed E-state index contributed by atoms with van der Waals surface area (Å²) < 4.78 is 1.98. The highest BCUT2D eigenvalue weighted by Gasteiger charge is 2.04. The zero-order valence-corrected chi connectivity index (χ0v) is 11.2. The molecular weight excluding hydrogens is 254 g/mol. The molecule has 0 spiro atoms. The molecular formula is C15H11N3S. The predicted molar refractivity (Wildman–Crippen MR) is 78.5 cm³/mol. The second kappa shape index (κ2) is 4.71. The lowest BCUT2D eigenvalue weighted by molar-refractivity contribution is 0.947. The van der Waals surface area contributed by atoms with Crippen LogP contribution in [0.3, 0.4) is 0 Å². The zero-order chi connectivity index (χ0) is 13.2. The van der Waals surface area contributed by atoms with E-state index in [1.807, 2.05) is 53.4 Å². The molecule has 4 heteroatoms. The van der Waals surface area contributed by atoms with Crippen molar-refractivity contribution in [2.45, 2.75) is 0 Å². The quantitative estimate of drug-likeness (QED) is 0.663. The van der Waals surface area contributed by atoms with Crippen LogP contribution in [0.1, 0.15) is 10.4 Å². The van der Waals surface area contributed by atoms with Gasteiger partial charge in [-0.2, -0.15) is 5.26 Å². The standard InChI is InChI=1S/C15H11N3S/c1-18-10-17-13-5-4-11(8-14(13)18)7-12(9-16)15-3-2-6-19-15/h2-8,10H,1H3. The highest BCUT2D eigenvalue weighted by atomic mass is 32.1. The van der Waals surface area contributed by atoms with Crippen molar-refractivity contribution in [3.8, 4) is 6.07 Å². The number of imidazole rings is 1. The highest BCUT2D eigenvalue weighted by Crippen LogP contribution is 2.23. The number of fused-ring (bicyclic) bond motifs is 1. The van der Waals surface area contributed by atoms with Crippen molar-refractivity contribution in [3.63, 3.8) is 0 Å². The van der Waals surface area contributed by atoms with E-state index < -0.39 is 0 Å². The second-order valence-corrected chi connectivity index (χ2v) is 5.20. The maximum Gasteiger partial charge on any atom is 0.101 e. The normalized spacial score (nSPS) is 11.7. The van der Waals surface area contributed by atoms with Gasteiger partial charge < -0.3 is 4.57 Å². The maximum atomic E-state index is 9.26. The van der Waals surface area contributed by atoms with Gasteiger partial charge in [0.1, 0.15) is 6.07 Å². The van der Waals surface area contributed by atoms with Gasteiger partial charge in [-0.1, -0.05) is 12.1 Å². The fraction of sp³-hybridized carbons (Fsp3) is 0.0667.